The van der Waals surface area contributed by atoms with E-state index in [4.69, 9.17) is 13.6 Å². The van der Waals surface area contributed by atoms with Crippen LogP contribution in [-0.4, -0.2) is 20.7 Å². The summed E-state index contributed by atoms with van der Waals surface area (Å²) in [6.45, 7) is 3.80. The number of ether oxygens (including phenoxy) is 1. The van der Waals surface area contributed by atoms with E-state index in [-0.39, 0.29) is 18.9 Å². The molecule has 1 atom stereocenters. The van der Waals surface area contributed by atoms with Gasteiger partial charge in [0.2, 0.25) is 5.89 Å². The maximum Gasteiger partial charge on any atom is 0.419 e. The van der Waals surface area contributed by atoms with E-state index in [1.54, 1.807) is 31.2 Å². The smallest absolute Gasteiger partial charge is 0.419 e. The number of carbonyl (C=O) groups excluding carboxylic acids is 1. The molecule has 0 radical (unpaired) electrons. The van der Waals surface area contributed by atoms with Gasteiger partial charge in [0.25, 0.3) is 5.89 Å². The highest BCUT2D eigenvalue weighted by Gasteiger charge is 2.19. The summed E-state index contributed by atoms with van der Waals surface area (Å²) in [5.74, 6) is -0.421. The summed E-state index contributed by atoms with van der Waals surface area (Å²) in [7, 11) is 0. The predicted molar refractivity (Wildman–Crippen MR) is 104 cm³/mol. The lowest BCUT2D eigenvalue weighted by molar-refractivity contribution is -0.149. The number of carbonyl (C=O) groups is 1. The Bertz CT molecular complexity index is 1200. The van der Waals surface area contributed by atoms with Crippen LogP contribution in [0.3, 0.4) is 0 Å². The topological polar surface area (TPSA) is 100 Å². The number of nitrogens with zero attached hydrogens (tertiary/aromatic N) is 3. The van der Waals surface area contributed by atoms with Gasteiger partial charge in [-0.15, -0.1) is 10.2 Å². The molecule has 0 amide bonds. The SMILES string of the molecule is Cc1ccc(-c2nnc(C(C)OC(=O)CCn3c(=O)oc4ccccc43)o2)cc1. The molecular formula is C21H19N3O5. The van der Waals surface area contributed by atoms with Gasteiger partial charge in [-0.3, -0.25) is 9.36 Å². The van der Waals surface area contributed by atoms with Gasteiger partial charge >= 0.3 is 11.7 Å². The third kappa shape index (κ3) is 3.96. The van der Waals surface area contributed by atoms with Crippen LogP contribution in [0.4, 0.5) is 0 Å². The minimum absolute atomic E-state index is 0.00668. The molecule has 148 valence electrons. The molecule has 0 N–H and O–H groups in total. The Labute approximate surface area is 165 Å². The number of oxazole rings is 1. The summed E-state index contributed by atoms with van der Waals surface area (Å²) in [5, 5.41) is 7.98. The van der Waals surface area contributed by atoms with Crippen molar-refractivity contribution in [3.05, 3.63) is 70.5 Å². The molecule has 2 aromatic heterocycles. The van der Waals surface area contributed by atoms with Crippen LogP contribution < -0.4 is 5.76 Å². The molecule has 1 unspecified atom stereocenters. The first-order chi connectivity index (χ1) is 14.0. The van der Waals surface area contributed by atoms with Gasteiger partial charge in [0.15, 0.2) is 11.7 Å². The zero-order valence-electron chi connectivity index (χ0n) is 16.0. The monoisotopic (exact) mass is 393 g/mol. The largest absolute Gasteiger partial charge is 0.453 e. The van der Waals surface area contributed by atoms with Crippen molar-refractivity contribution in [3.8, 4) is 11.5 Å². The fourth-order valence-corrected chi connectivity index (χ4v) is 2.95. The number of para-hydroxylation sites is 2. The molecule has 0 aliphatic carbocycles. The van der Waals surface area contributed by atoms with Crippen LogP contribution in [0.1, 0.15) is 30.9 Å². The first-order valence-electron chi connectivity index (χ1n) is 9.19. The van der Waals surface area contributed by atoms with Crippen molar-refractivity contribution < 1.29 is 18.4 Å². The molecule has 0 saturated carbocycles. The number of fused-ring (bicyclic) bond motifs is 1. The maximum atomic E-state index is 12.2. The lowest BCUT2D eigenvalue weighted by Gasteiger charge is -2.09. The Morgan fingerprint density at radius 1 is 1.10 bits per heavy atom. The summed E-state index contributed by atoms with van der Waals surface area (Å²) >= 11 is 0. The standard InChI is InChI=1S/C21H19N3O5/c1-13-7-9-15(10-8-13)20-23-22-19(29-20)14(2)27-18(25)11-12-24-16-5-3-4-6-17(16)28-21(24)26/h3-10,14H,11-12H2,1-2H3. The summed E-state index contributed by atoms with van der Waals surface area (Å²) in [4.78, 5) is 24.2. The Morgan fingerprint density at radius 3 is 2.66 bits per heavy atom. The molecule has 4 aromatic rings. The van der Waals surface area contributed by atoms with Gasteiger partial charge in [-0.25, -0.2) is 4.79 Å². The van der Waals surface area contributed by atoms with Gasteiger partial charge in [0, 0.05) is 12.1 Å². The normalized spacial score (nSPS) is 12.2. The molecule has 0 saturated heterocycles. The maximum absolute atomic E-state index is 12.2. The van der Waals surface area contributed by atoms with E-state index in [1.165, 1.54) is 4.57 Å². The molecule has 8 heteroatoms. The second-order valence-electron chi connectivity index (χ2n) is 6.68. The number of aryl methyl sites for hydroxylation is 2. The van der Waals surface area contributed by atoms with Crippen molar-refractivity contribution in [1.82, 2.24) is 14.8 Å². The van der Waals surface area contributed by atoms with Crippen molar-refractivity contribution in [2.45, 2.75) is 32.9 Å². The number of hydrogen-bond acceptors (Lipinski definition) is 7. The summed E-state index contributed by atoms with van der Waals surface area (Å²) in [5.41, 5.74) is 3.03. The molecule has 0 bridgehead atoms. The molecule has 0 fully saturated rings. The Morgan fingerprint density at radius 2 is 1.86 bits per heavy atom. The van der Waals surface area contributed by atoms with Gasteiger partial charge in [-0.05, 0) is 38.1 Å². The van der Waals surface area contributed by atoms with Gasteiger partial charge in [0.1, 0.15) is 0 Å². The summed E-state index contributed by atoms with van der Waals surface area (Å²) < 4.78 is 17.6. The first kappa shape index (κ1) is 18.7. The highest BCUT2D eigenvalue weighted by molar-refractivity contribution is 5.73. The van der Waals surface area contributed by atoms with Crippen molar-refractivity contribution in [1.29, 1.82) is 0 Å². The van der Waals surface area contributed by atoms with Crippen LogP contribution >= 0.6 is 0 Å². The molecule has 2 heterocycles. The number of hydrogen-bond donors (Lipinski definition) is 0. The zero-order valence-corrected chi connectivity index (χ0v) is 16.0. The quantitative estimate of drug-likeness (QED) is 0.461. The second kappa shape index (κ2) is 7.75. The second-order valence-corrected chi connectivity index (χ2v) is 6.68. The van der Waals surface area contributed by atoms with Crippen molar-refractivity contribution in [2.75, 3.05) is 0 Å². The molecule has 8 nitrogen and oxygen atoms in total. The predicted octanol–water partition coefficient (Wildman–Crippen LogP) is 3.65. The Hall–Kier alpha value is -3.68. The first-order valence-corrected chi connectivity index (χ1v) is 9.19. The van der Waals surface area contributed by atoms with E-state index < -0.39 is 17.8 Å². The van der Waals surface area contributed by atoms with E-state index >= 15 is 0 Å². The molecule has 29 heavy (non-hydrogen) atoms. The summed E-state index contributed by atoms with van der Waals surface area (Å²) in [6.07, 6.45) is -0.695. The minimum Gasteiger partial charge on any atom is -0.453 e. The van der Waals surface area contributed by atoms with Crippen LogP contribution in [0.25, 0.3) is 22.6 Å². The number of esters is 1. The van der Waals surface area contributed by atoms with Gasteiger partial charge in [-0.1, -0.05) is 29.8 Å². The number of benzene rings is 2. The van der Waals surface area contributed by atoms with Crippen LogP contribution in [0, 0.1) is 6.92 Å². The van der Waals surface area contributed by atoms with E-state index in [9.17, 15) is 9.59 Å². The number of rotatable bonds is 6. The fraction of sp³-hybridized carbons (Fsp3) is 0.238. The van der Waals surface area contributed by atoms with Gasteiger partial charge in [0.05, 0.1) is 11.9 Å². The van der Waals surface area contributed by atoms with E-state index in [0.29, 0.717) is 17.0 Å². The highest BCUT2D eigenvalue weighted by Crippen LogP contribution is 2.23. The summed E-state index contributed by atoms with van der Waals surface area (Å²) in [6, 6.07) is 14.7. The molecule has 2 aromatic carbocycles. The minimum atomic E-state index is -0.702. The highest BCUT2D eigenvalue weighted by atomic mass is 16.6. The van der Waals surface area contributed by atoms with E-state index in [0.717, 1.165) is 11.1 Å². The third-order valence-corrected chi connectivity index (χ3v) is 4.51. The molecule has 0 spiro atoms. The third-order valence-electron chi connectivity index (χ3n) is 4.51. The Kier molecular flexibility index (Phi) is 4.99. The lowest BCUT2D eigenvalue weighted by atomic mass is 10.1. The van der Waals surface area contributed by atoms with E-state index in [1.807, 2.05) is 31.2 Å². The lowest BCUT2D eigenvalue weighted by Crippen LogP contribution is -2.18. The average Bonchev–Trinajstić information content (AvgIpc) is 3.31. The zero-order chi connectivity index (χ0) is 20.4. The van der Waals surface area contributed by atoms with Crippen LogP contribution in [-0.2, 0) is 16.1 Å². The van der Waals surface area contributed by atoms with Crippen LogP contribution in [0.5, 0.6) is 0 Å². The fourth-order valence-electron chi connectivity index (χ4n) is 2.95. The van der Waals surface area contributed by atoms with Gasteiger partial charge < -0.3 is 13.6 Å². The van der Waals surface area contributed by atoms with Crippen LogP contribution in [0.15, 0.2) is 62.2 Å². The van der Waals surface area contributed by atoms with Crippen molar-refractivity contribution >= 4 is 17.1 Å². The molecule has 0 aliphatic rings. The van der Waals surface area contributed by atoms with Crippen molar-refractivity contribution in [2.24, 2.45) is 0 Å². The number of aromatic nitrogens is 3. The molecule has 0 aliphatic heterocycles. The molecule has 4 rings (SSSR count). The van der Waals surface area contributed by atoms with Crippen LogP contribution in [0.2, 0.25) is 0 Å². The molecular weight excluding hydrogens is 374 g/mol. The average molecular weight is 393 g/mol. The van der Waals surface area contributed by atoms with Crippen molar-refractivity contribution in [3.63, 3.8) is 0 Å². The van der Waals surface area contributed by atoms with Gasteiger partial charge in [-0.2, -0.15) is 0 Å². The Balaban J connectivity index is 1.39. The van der Waals surface area contributed by atoms with E-state index in [2.05, 4.69) is 10.2 Å².